The first-order valence-corrected chi connectivity index (χ1v) is 5.66. The fourth-order valence-electron chi connectivity index (χ4n) is 1.72. The van der Waals surface area contributed by atoms with Gasteiger partial charge in [0.15, 0.2) is 0 Å². The second-order valence-corrected chi connectivity index (χ2v) is 4.13. The molecule has 1 rings (SSSR count). The molecule has 0 fully saturated rings. The van der Waals surface area contributed by atoms with Gasteiger partial charge in [-0.25, -0.2) is 0 Å². The van der Waals surface area contributed by atoms with Crippen molar-refractivity contribution in [1.29, 1.82) is 0 Å². The number of hydrogen-bond acceptors (Lipinski definition) is 1. The van der Waals surface area contributed by atoms with E-state index in [4.69, 9.17) is 11.6 Å². The Bertz CT molecular complexity index is 313. The van der Waals surface area contributed by atoms with Gasteiger partial charge in [0, 0.05) is 11.1 Å². The first kappa shape index (κ1) is 12.3. The Morgan fingerprint density at radius 3 is 2.73 bits per heavy atom. The molecular weight excluding hydrogens is 206 g/mol. The summed E-state index contributed by atoms with van der Waals surface area (Å²) in [6.45, 7) is 8.90. The summed E-state index contributed by atoms with van der Waals surface area (Å²) in [5.41, 5.74) is 2.44. The Morgan fingerprint density at radius 2 is 2.20 bits per heavy atom. The van der Waals surface area contributed by atoms with Crippen molar-refractivity contribution in [3.8, 4) is 0 Å². The third-order valence-corrected chi connectivity index (χ3v) is 2.54. The van der Waals surface area contributed by atoms with Gasteiger partial charge in [0.1, 0.15) is 0 Å². The van der Waals surface area contributed by atoms with Gasteiger partial charge in [0.05, 0.1) is 0 Å². The molecule has 1 N–H and O–H groups in total. The van der Waals surface area contributed by atoms with Crippen molar-refractivity contribution in [2.24, 2.45) is 0 Å². The molecular formula is C13H18ClN. The van der Waals surface area contributed by atoms with Crippen molar-refractivity contribution in [1.82, 2.24) is 5.32 Å². The van der Waals surface area contributed by atoms with Crippen molar-refractivity contribution >= 4 is 11.6 Å². The van der Waals surface area contributed by atoms with Gasteiger partial charge in [-0.05, 0) is 43.1 Å². The highest BCUT2D eigenvalue weighted by Gasteiger charge is 2.09. The first-order valence-electron chi connectivity index (χ1n) is 5.28. The van der Waals surface area contributed by atoms with E-state index in [1.807, 2.05) is 18.2 Å². The van der Waals surface area contributed by atoms with Crippen molar-refractivity contribution in [2.75, 3.05) is 6.54 Å². The van der Waals surface area contributed by atoms with E-state index in [-0.39, 0.29) is 0 Å². The van der Waals surface area contributed by atoms with Gasteiger partial charge >= 0.3 is 0 Å². The summed E-state index contributed by atoms with van der Waals surface area (Å²) in [6, 6.07) is 6.49. The molecule has 0 saturated heterocycles. The minimum absolute atomic E-state index is 0.324. The Balaban J connectivity index is 2.93. The number of aryl methyl sites for hydroxylation is 1. The van der Waals surface area contributed by atoms with Crippen LogP contribution in [-0.2, 0) is 0 Å². The van der Waals surface area contributed by atoms with E-state index in [2.05, 4.69) is 31.8 Å². The second kappa shape index (κ2) is 5.94. The van der Waals surface area contributed by atoms with Crippen molar-refractivity contribution in [2.45, 2.75) is 26.3 Å². The highest BCUT2D eigenvalue weighted by molar-refractivity contribution is 6.30. The monoisotopic (exact) mass is 223 g/mol. The van der Waals surface area contributed by atoms with E-state index in [1.165, 1.54) is 11.1 Å². The fraction of sp³-hybridized carbons (Fsp3) is 0.385. The molecule has 0 aromatic heterocycles. The molecule has 0 aliphatic heterocycles. The maximum Gasteiger partial charge on any atom is 0.0411 e. The number of hydrogen-bond donors (Lipinski definition) is 1. The average Bonchev–Trinajstić information content (AvgIpc) is 2.16. The number of benzene rings is 1. The largest absolute Gasteiger partial charge is 0.310 e. The average molecular weight is 224 g/mol. The summed E-state index contributed by atoms with van der Waals surface area (Å²) >= 11 is 6.04. The summed E-state index contributed by atoms with van der Waals surface area (Å²) in [6.07, 6.45) is 2.86. The number of halogens is 1. The van der Waals surface area contributed by atoms with Crippen LogP contribution in [0.1, 0.15) is 30.5 Å². The predicted molar refractivity (Wildman–Crippen MR) is 67.4 cm³/mol. The zero-order valence-electron chi connectivity index (χ0n) is 9.39. The highest BCUT2D eigenvalue weighted by atomic mass is 35.5. The maximum absolute atomic E-state index is 6.04. The molecule has 1 unspecified atom stereocenters. The number of nitrogens with one attached hydrogen (secondary N) is 1. The molecule has 0 aliphatic carbocycles. The molecule has 0 amide bonds. The van der Waals surface area contributed by atoms with Crippen LogP contribution in [-0.4, -0.2) is 6.54 Å². The van der Waals surface area contributed by atoms with Gasteiger partial charge in [-0.3, -0.25) is 0 Å². The lowest BCUT2D eigenvalue weighted by Crippen LogP contribution is -2.20. The van der Waals surface area contributed by atoms with E-state index >= 15 is 0 Å². The van der Waals surface area contributed by atoms with Crippen molar-refractivity contribution in [3.05, 3.63) is 47.0 Å². The van der Waals surface area contributed by atoms with E-state index < -0.39 is 0 Å². The molecule has 1 atom stereocenters. The second-order valence-electron chi connectivity index (χ2n) is 3.70. The summed E-state index contributed by atoms with van der Waals surface area (Å²) in [5.74, 6) is 0. The highest BCUT2D eigenvalue weighted by Crippen LogP contribution is 2.22. The summed E-state index contributed by atoms with van der Waals surface area (Å²) < 4.78 is 0. The van der Waals surface area contributed by atoms with Crippen LogP contribution < -0.4 is 5.32 Å². The van der Waals surface area contributed by atoms with Gasteiger partial charge in [0.2, 0.25) is 0 Å². The molecule has 0 heterocycles. The van der Waals surface area contributed by atoms with Crippen LogP contribution in [0.2, 0.25) is 5.02 Å². The van der Waals surface area contributed by atoms with E-state index in [1.54, 1.807) is 0 Å². The Morgan fingerprint density at radius 1 is 1.47 bits per heavy atom. The standard InChI is InChI=1S/C13H18ClN/c1-4-6-13(15-5-2)11-7-10(3)8-12(14)9-11/h4,7-9,13,15H,1,5-6H2,2-3H3. The zero-order valence-corrected chi connectivity index (χ0v) is 10.1. The minimum Gasteiger partial charge on any atom is -0.310 e. The SMILES string of the molecule is C=CCC(NCC)c1cc(C)cc(Cl)c1. The summed E-state index contributed by atoms with van der Waals surface area (Å²) in [4.78, 5) is 0. The first-order chi connectivity index (χ1) is 7.17. The minimum atomic E-state index is 0.324. The van der Waals surface area contributed by atoms with Crippen LogP contribution >= 0.6 is 11.6 Å². The molecule has 1 aromatic carbocycles. The van der Waals surface area contributed by atoms with Crippen LogP contribution in [0.4, 0.5) is 0 Å². The Hall–Kier alpha value is -0.790. The predicted octanol–water partition coefficient (Wildman–Crippen LogP) is 3.88. The molecule has 15 heavy (non-hydrogen) atoms. The van der Waals surface area contributed by atoms with E-state index in [9.17, 15) is 0 Å². The maximum atomic E-state index is 6.04. The van der Waals surface area contributed by atoms with Crippen LogP contribution in [0.5, 0.6) is 0 Å². The topological polar surface area (TPSA) is 12.0 Å². The quantitative estimate of drug-likeness (QED) is 0.748. The number of rotatable bonds is 5. The molecule has 2 heteroatoms. The molecule has 0 aliphatic rings. The Labute approximate surface area is 97.1 Å². The Kier molecular flexibility index (Phi) is 4.86. The molecule has 1 aromatic rings. The third-order valence-electron chi connectivity index (χ3n) is 2.32. The van der Waals surface area contributed by atoms with E-state index in [0.717, 1.165) is 18.0 Å². The lowest BCUT2D eigenvalue weighted by Gasteiger charge is -2.17. The molecule has 0 spiro atoms. The van der Waals surface area contributed by atoms with Crippen LogP contribution in [0.15, 0.2) is 30.9 Å². The van der Waals surface area contributed by atoms with Crippen molar-refractivity contribution in [3.63, 3.8) is 0 Å². The smallest absolute Gasteiger partial charge is 0.0411 e. The third kappa shape index (κ3) is 3.69. The van der Waals surface area contributed by atoms with E-state index in [0.29, 0.717) is 6.04 Å². The lowest BCUT2D eigenvalue weighted by atomic mass is 10.0. The molecule has 0 saturated carbocycles. The van der Waals surface area contributed by atoms with Crippen molar-refractivity contribution < 1.29 is 0 Å². The molecule has 0 bridgehead atoms. The fourth-order valence-corrected chi connectivity index (χ4v) is 2.01. The van der Waals surface area contributed by atoms with Crippen LogP contribution in [0.25, 0.3) is 0 Å². The normalized spacial score (nSPS) is 12.5. The van der Waals surface area contributed by atoms with Gasteiger partial charge in [0.25, 0.3) is 0 Å². The van der Waals surface area contributed by atoms with Gasteiger partial charge < -0.3 is 5.32 Å². The molecule has 82 valence electrons. The van der Waals surface area contributed by atoms with Gasteiger partial charge in [-0.15, -0.1) is 6.58 Å². The molecule has 1 nitrogen and oxygen atoms in total. The van der Waals surface area contributed by atoms with Gasteiger partial charge in [-0.2, -0.15) is 0 Å². The summed E-state index contributed by atoms with van der Waals surface area (Å²) in [7, 11) is 0. The van der Waals surface area contributed by atoms with Gasteiger partial charge in [-0.1, -0.05) is 30.7 Å². The van der Waals surface area contributed by atoms with Crippen LogP contribution in [0.3, 0.4) is 0 Å². The molecule has 0 radical (unpaired) electrons. The van der Waals surface area contributed by atoms with Crippen LogP contribution in [0, 0.1) is 6.92 Å². The lowest BCUT2D eigenvalue weighted by molar-refractivity contribution is 0.559. The summed E-state index contributed by atoms with van der Waals surface area (Å²) in [5, 5.41) is 4.23. The zero-order chi connectivity index (χ0) is 11.3.